The first-order valence-corrected chi connectivity index (χ1v) is 5.12. The lowest BCUT2D eigenvalue weighted by atomic mass is 10.2. The van der Waals surface area contributed by atoms with E-state index in [4.69, 9.17) is 5.11 Å². The molecule has 0 aromatic carbocycles. The maximum Gasteiger partial charge on any atom is 0.335 e. The zero-order valence-electron chi connectivity index (χ0n) is 9.25. The fourth-order valence-electron chi connectivity index (χ4n) is 1.36. The van der Waals surface area contributed by atoms with Gasteiger partial charge in [0.1, 0.15) is 0 Å². The minimum absolute atomic E-state index is 0.150. The summed E-state index contributed by atoms with van der Waals surface area (Å²) in [6, 6.07) is 2.84. The molecule has 7 nitrogen and oxygen atoms in total. The molecule has 18 heavy (non-hydrogen) atoms. The van der Waals surface area contributed by atoms with Crippen LogP contribution in [0.4, 0.5) is 5.82 Å². The standard InChI is InChI=1S/C11H10N4O3/c16-10-9(13-3-4-14-10)15-6-8-5-7(11(17)18)1-2-12-8/h1-5H,6H2,(H,13,15)(H,14,16)(H,17,18). The van der Waals surface area contributed by atoms with Gasteiger partial charge in [-0.25, -0.2) is 9.78 Å². The van der Waals surface area contributed by atoms with E-state index in [9.17, 15) is 9.59 Å². The molecule has 3 N–H and O–H groups in total. The number of aromatic amines is 1. The van der Waals surface area contributed by atoms with Crippen LogP contribution >= 0.6 is 0 Å². The van der Waals surface area contributed by atoms with Crippen LogP contribution < -0.4 is 10.9 Å². The Bertz CT molecular complexity index is 623. The lowest BCUT2D eigenvalue weighted by Crippen LogP contribution is -2.15. The third-order valence-corrected chi connectivity index (χ3v) is 2.21. The van der Waals surface area contributed by atoms with E-state index in [0.29, 0.717) is 5.69 Å². The van der Waals surface area contributed by atoms with Crippen LogP contribution in [0.3, 0.4) is 0 Å². The second kappa shape index (κ2) is 5.09. The third-order valence-electron chi connectivity index (χ3n) is 2.21. The van der Waals surface area contributed by atoms with Gasteiger partial charge in [-0.3, -0.25) is 9.78 Å². The maximum atomic E-state index is 11.3. The lowest BCUT2D eigenvalue weighted by Gasteiger charge is -2.04. The summed E-state index contributed by atoms with van der Waals surface area (Å²) in [5, 5.41) is 11.6. The van der Waals surface area contributed by atoms with E-state index in [-0.39, 0.29) is 23.5 Å². The summed E-state index contributed by atoms with van der Waals surface area (Å²) in [6.45, 7) is 0.223. The number of aromatic carboxylic acids is 1. The van der Waals surface area contributed by atoms with Crippen molar-refractivity contribution in [2.75, 3.05) is 5.32 Å². The summed E-state index contributed by atoms with van der Waals surface area (Å²) in [7, 11) is 0. The van der Waals surface area contributed by atoms with E-state index < -0.39 is 5.97 Å². The van der Waals surface area contributed by atoms with E-state index in [1.807, 2.05) is 0 Å². The highest BCUT2D eigenvalue weighted by atomic mass is 16.4. The molecule has 0 saturated carbocycles. The van der Waals surface area contributed by atoms with Crippen LogP contribution in [0.2, 0.25) is 0 Å². The van der Waals surface area contributed by atoms with Crippen LogP contribution in [-0.4, -0.2) is 26.0 Å². The van der Waals surface area contributed by atoms with E-state index in [2.05, 4.69) is 20.3 Å². The quantitative estimate of drug-likeness (QED) is 0.724. The highest BCUT2D eigenvalue weighted by Gasteiger charge is 2.05. The first-order chi connectivity index (χ1) is 8.66. The number of hydrogen-bond donors (Lipinski definition) is 3. The molecule has 0 spiro atoms. The SMILES string of the molecule is O=C(O)c1ccnc(CNc2ncc[nH]c2=O)c1. The lowest BCUT2D eigenvalue weighted by molar-refractivity contribution is 0.0696. The van der Waals surface area contributed by atoms with Crippen molar-refractivity contribution < 1.29 is 9.90 Å². The van der Waals surface area contributed by atoms with E-state index >= 15 is 0 Å². The van der Waals surface area contributed by atoms with Crippen molar-refractivity contribution in [3.05, 3.63) is 52.3 Å². The number of carboxylic acid groups (broad SMARTS) is 1. The topological polar surface area (TPSA) is 108 Å². The molecular formula is C11H10N4O3. The van der Waals surface area contributed by atoms with Gasteiger partial charge in [-0.05, 0) is 12.1 Å². The first kappa shape index (κ1) is 11.8. The monoisotopic (exact) mass is 246 g/mol. The minimum atomic E-state index is -1.02. The Morgan fingerprint density at radius 3 is 2.94 bits per heavy atom. The smallest absolute Gasteiger partial charge is 0.335 e. The van der Waals surface area contributed by atoms with Crippen LogP contribution in [0.1, 0.15) is 16.1 Å². The van der Waals surface area contributed by atoms with Crippen molar-refractivity contribution in [1.82, 2.24) is 15.0 Å². The summed E-state index contributed by atoms with van der Waals surface area (Å²) in [6.07, 6.45) is 4.28. The summed E-state index contributed by atoms with van der Waals surface area (Å²) >= 11 is 0. The summed E-state index contributed by atoms with van der Waals surface area (Å²) in [4.78, 5) is 32.4. The summed E-state index contributed by atoms with van der Waals surface area (Å²) in [5.74, 6) is -0.852. The predicted molar refractivity (Wildman–Crippen MR) is 63.4 cm³/mol. The molecule has 0 unspecified atom stereocenters. The number of nitrogens with one attached hydrogen (secondary N) is 2. The maximum absolute atomic E-state index is 11.3. The number of hydrogen-bond acceptors (Lipinski definition) is 5. The number of H-pyrrole nitrogens is 1. The Balaban J connectivity index is 2.11. The molecule has 92 valence electrons. The van der Waals surface area contributed by atoms with Crippen LogP contribution in [-0.2, 0) is 6.54 Å². The highest BCUT2D eigenvalue weighted by Crippen LogP contribution is 2.03. The zero-order valence-corrected chi connectivity index (χ0v) is 9.25. The average Bonchev–Trinajstić information content (AvgIpc) is 2.38. The normalized spacial score (nSPS) is 10.0. The molecule has 0 aliphatic rings. The molecule has 0 amide bonds. The molecule has 7 heteroatoms. The van der Waals surface area contributed by atoms with E-state index in [1.54, 1.807) is 0 Å². The number of anilines is 1. The van der Waals surface area contributed by atoms with Gasteiger partial charge < -0.3 is 15.4 Å². The van der Waals surface area contributed by atoms with Gasteiger partial charge in [0.05, 0.1) is 17.8 Å². The van der Waals surface area contributed by atoms with Crippen LogP contribution in [0.25, 0.3) is 0 Å². The Hall–Kier alpha value is -2.70. The molecular weight excluding hydrogens is 236 g/mol. The Morgan fingerprint density at radius 1 is 1.39 bits per heavy atom. The predicted octanol–water partition coefficient (Wildman–Crippen LogP) is 0.475. The van der Waals surface area contributed by atoms with Crippen molar-refractivity contribution >= 4 is 11.8 Å². The molecule has 0 fully saturated rings. The number of carbonyl (C=O) groups is 1. The Labute approximate surface area is 102 Å². The molecule has 0 atom stereocenters. The van der Waals surface area contributed by atoms with E-state index in [1.165, 1.54) is 30.7 Å². The Morgan fingerprint density at radius 2 is 2.22 bits per heavy atom. The van der Waals surface area contributed by atoms with Gasteiger partial charge in [-0.2, -0.15) is 0 Å². The van der Waals surface area contributed by atoms with Crippen molar-refractivity contribution in [3.8, 4) is 0 Å². The van der Waals surface area contributed by atoms with Gasteiger partial charge in [-0.1, -0.05) is 0 Å². The molecule has 0 saturated heterocycles. The minimum Gasteiger partial charge on any atom is -0.478 e. The molecule has 2 heterocycles. The molecule has 0 radical (unpaired) electrons. The highest BCUT2D eigenvalue weighted by molar-refractivity contribution is 5.87. The largest absolute Gasteiger partial charge is 0.478 e. The fourth-order valence-corrected chi connectivity index (χ4v) is 1.36. The number of aromatic nitrogens is 3. The second-order valence-corrected chi connectivity index (χ2v) is 3.46. The van der Waals surface area contributed by atoms with Crippen LogP contribution in [0.15, 0.2) is 35.5 Å². The average molecular weight is 246 g/mol. The zero-order chi connectivity index (χ0) is 13.0. The van der Waals surface area contributed by atoms with Gasteiger partial charge in [0, 0.05) is 18.6 Å². The van der Waals surface area contributed by atoms with Crippen molar-refractivity contribution in [2.45, 2.75) is 6.54 Å². The molecule has 2 aromatic rings. The molecule has 2 aromatic heterocycles. The third kappa shape index (κ3) is 2.70. The van der Waals surface area contributed by atoms with Gasteiger partial charge in [-0.15, -0.1) is 0 Å². The number of rotatable bonds is 4. The van der Waals surface area contributed by atoms with Gasteiger partial charge in [0.25, 0.3) is 5.56 Å². The summed E-state index contributed by atoms with van der Waals surface area (Å²) < 4.78 is 0. The van der Waals surface area contributed by atoms with Crippen molar-refractivity contribution in [3.63, 3.8) is 0 Å². The Kier molecular flexibility index (Phi) is 3.33. The van der Waals surface area contributed by atoms with E-state index in [0.717, 1.165) is 0 Å². The van der Waals surface area contributed by atoms with Gasteiger partial charge in [0.2, 0.25) is 0 Å². The first-order valence-electron chi connectivity index (χ1n) is 5.12. The van der Waals surface area contributed by atoms with Gasteiger partial charge >= 0.3 is 5.97 Å². The van der Waals surface area contributed by atoms with Crippen molar-refractivity contribution in [2.24, 2.45) is 0 Å². The molecule has 0 bridgehead atoms. The van der Waals surface area contributed by atoms with Crippen LogP contribution in [0.5, 0.6) is 0 Å². The molecule has 0 aliphatic carbocycles. The van der Waals surface area contributed by atoms with Crippen LogP contribution in [0, 0.1) is 0 Å². The number of pyridine rings is 1. The second-order valence-electron chi connectivity index (χ2n) is 3.46. The molecule has 0 aliphatic heterocycles. The number of carboxylic acids is 1. The fraction of sp³-hybridized carbons (Fsp3) is 0.0909. The number of nitrogens with zero attached hydrogens (tertiary/aromatic N) is 2. The molecule has 2 rings (SSSR count). The summed E-state index contributed by atoms with van der Waals surface area (Å²) in [5.41, 5.74) is 0.323. The van der Waals surface area contributed by atoms with Crippen molar-refractivity contribution in [1.29, 1.82) is 0 Å². The van der Waals surface area contributed by atoms with Gasteiger partial charge in [0.15, 0.2) is 5.82 Å².